The monoisotopic (exact) mass is 278 g/mol. The second kappa shape index (κ2) is 4.81. The van der Waals surface area contributed by atoms with Crippen LogP contribution in [-0.2, 0) is 17.8 Å². The molecular formula is C15H26N4O. The maximum atomic E-state index is 5.89. The molecule has 112 valence electrons. The molecule has 5 nitrogen and oxygen atoms in total. The van der Waals surface area contributed by atoms with Crippen molar-refractivity contribution in [3.8, 4) is 0 Å². The first-order valence-corrected chi connectivity index (χ1v) is 7.67. The minimum absolute atomic E-state index is 0.238. The van der Waals surface area contributed by atoms with Gasteiger partial charge in [-0.2, -0.15) is 0 Å². The van der Waals surface area contributed by atoms with Gasteiger partial charge < -0.3 is 9.30 Å². The van der Waals surface area contributed by atoms with Crippen LogP contribution in [0.4, 0.5) is 0 Å². The molecule has 1 saturated carbocycles. The molecule has 3 rings (SSSR count). The summed E-state index contributed by atoms with van der Waals surface area (Å²) in [5, 5.41) is 8.55. The fourth-order valence-electron chi connectivity index (χ4n) is 4.47. The Morgan fingerprint density at radius 1 is 1.40 bits per heavy atom. The van der Waals surface area contributed by atoms with Crippen LogP contribution in [0.1, 0.15) is 38.8 Å². The van der Waals surface area contributed by atoms with E-state index in [0.29, 0.717) is 18.1 Å². The lowest BCUT2D eigenvalue weighted by atomic mass is 9.57. The van der Waals surface area contributed by atoms with Gasteiger partial charge in [-0.25, -0.2) is 0 Å². The summed E-state index contributed by atoms with van der Waals surface area (Å²) in [5.41, 5.74) is 0.238. The van der Waals surface area contributed by atoms with E-state index in [1.165, 1.54) is 6.42 Å². The molecule has 0 N–H and O–H groups in total. The number of aryl methyl sites for hydroxylation is 1. The van der Waals surface area contributed by atoms with Gasteiger partial charge >= 0.3 is 0 Å². The third kappa shape index (κ3) is 1.91. The standard InChI is InChI=1S/C15H26N4O/c1-6-19-10(2)16-17-12(19)9-18(5)13-11-7-8-20-14(11)15(13,3)4/h11,13-14H,6-9H2,1-5H3/t11-,13-,14+/m1/s1. The summed E-state index contributed by atoms with van der Waals surface area (Å²) in [7, 11) is 2.21. The normalized spacial score (nSPS) is 31.4. The molecule has 0 radical (unpaired) electrons. The lowest BCUT2D eigenvalue weighted by Gasteiger charge is -2.57. The molecule has 1 aromatic rings. The Morgan fingerprint density at radius 3 is 2.85 bits per heavy atom. The minimum Gasteiger partial charge on any atom is -0.377 e. The molecule has 0 spiro atoms. The molecule has 0 unspecified atom stereocenters. The Hall–Kier alpha value is -0.940. The van der Waals surface area contributed by atoms with E-state index in [-0.39, 0.29) is 5.41 Å². The van der Waals surface area contributed by atoms with Crippen molar-refractivity contribution < 1.29 is 4.74 Å². The van der Waals surface area contributed by atoms with Crippen molar-refractivity contribution in [3.63, 3.8) is 0 Å². The van der Waals surface area contributed by atoms with Gasteiger partial charge in [0, 0.05) is 30.5 Å². The highest BCUT2D eigenvalue weighted by molar-refractivity contribution is 5.12. The van der Waals surface area contributed by atoms with Crippen molar-refractivity contribution in [2.75, 3.05) is 13.7 Å². The van der Waals surface area contributed by atoms with Crippen LogP contribution in [-0.4, -0.2) is 45.5 Å². The molecule has 1 aliphatic carbocycles. The van der Waals surface area contributed by atoms with Crippen LogP contribution < -0.4 is 0 Å². The summed E-state index contributed by atoms with van der Waals surface area (Å²) in [6.07, 6.45) is 1.64. The summed E-state index contributed by atoms with van der Waals surface area (Å²) in [4.78, 5) is 2.45. The second-order valence-corrected chi connectivity index (χ2v) is 6.83. The molecule has 0 bridgehead atoms. The van der Waals surface area contributed by atoms with Crippen molar-refractivity contribution in [1.29, 1.82) is 0 Å². The summed E-state index contributed by atoms with van der Waals surface area (Å²) < 4.78 is 8.09. The highest BCUT2D eigenvalue weighted by Crippen LogP contribution is 2.54. The first kappa shape index (κ1) is 14.0. The largest absolute Gasteiger partial charge is 0.377 e. The van der Waals surface area contributed by atoms with Crippen molar-refractivity contribution in [1.82, 2.24) is 19.7 Å². The molecular weight excluding hydrogens is 252 g/mol. The van der Waals surface area contributed by atoms with Crippen LogP contribution in [0.3, 0.4) is 0 Å². The topological polar surface area (TPSA) is 43.2 Å². The van der Waals surface area contributed by atoms with Crippen molar-refractivity contribution >= 4 is 0 Å². The highest BCUT2D eigenvalue weighted by Gasteiger charge is 2.60. The van der Waals surface area contributed by atoms with Crippen LogP contribution in [0.15, 0.2) is 0 Å². The zero-order valence-electron chi connectivity index (χ0n) is 13.3. The van der Waals surface area contributed by atoms with Gasteiger partial charge in [-0.15, -0.1) is 10.2 Å². The van der Waals surface area contributed by atoms with Crippen molar-refractivity contribution in [3.05, 3.63) is 11.6 Å². The lowest BCUT2D eigenvalue weighted by molar-refractivity contribution is -0.152. The first-order chi connectivity index (χ1) is 9.46. The predicted molar refractivity (Wildman–Crippen MR) is 77.3 cm³/mol. The number of fused-ring (bicyclic) bond motifs is 1. The quantitative estimate of drug-likeness (QED) is 0.843. The van der Waals surface area contributed by atoms with E-state index in [0.717, 1.165) is 31.3 Å². The molecule has 2 heterocycles. The van der Waals surface area contributed by atoms with E-state index in [9.17, 15) is 0 Å². The molecule has 0 amide bonds. The molecule has 2 fully saturated rings. The van der Waals surface area contributed by atoms with Gasteiger partial charge in [0.1, 0.15) is 11.6 Å². The smallest absolute Gasteiger partial charge is 0.147 e. The summed E-state index contributed by atoms with van der Waals surface area (Å²) in [5.74, 6) is 2.77. The second-order valence-electron chi connectivity index (χ2n) is 6.83. The number of rotatable bonds is 4. The van der Waals surface area contributed by atoms with Crippen LogP contribution >= 0.6 is 0 Å². The summed E-state index contributed by atoms with van der Waals surface area (Å²) in [6, 6.07) is 0.581. The predicted octanol–water partition coefficient (Wildman–Crippen LogP) is 1.85. The van der Waals surface area contributed by atoms with Gasteiger partial charge in [-0.1, -0.05) is 13.8 Å². The van der Waals surface area contributed by atoms with Gasteiger partial charge in [-0.3, -0.25) is 4.90 Å². The van der Waals surface area contributed by atoms with E-state index in [1.807, 2.05) is 6.92 Å². The molecule has 0 aromatic carbocycles. The summed E-state index contributed by atoms with van der Waals surface area (Å²) >= 11 is 0. The number of ether oxygens (including phenoxy) is 1. The van der Waals surface area contributed by atoms with Crippen LogP contribution in [0.25, 0.3) is 0 Å². The SMILES string of the molecule is CCn1c(C)nnc1CN(C)[C@@H]1[C@H]2CCO[C@@H]2C1(C)C. The molecule has 2 aliphatic rings. The highest BCUT2D eigenvalue weighted by atomic mass is 16.5. The molecule has 1 aliphatic heterocycles. The van der Waals surface area contributed by atoms with Gasteiger partial charge in [-0.05, 0) is 27.3 Å². The van der Waals surface area contributed by atoms with E-state index < -0.39 is 0 Å². The number of nitrogens with zero attached hydrogens (tertiary/aromatic N) is 4. The molecule has 1 aromatic heterocycles. The fourth-order valence-corrected chi connectivity index (χ4v) is 4.47. The van der Waals surface area contributed by atoms with Gasteiger partial charge in [0.25, 0.3) is 0 Å². The summed E-state index contributed by atoms with van der Waals surface area (Å²) in [6.45, 7) is 11.6. The first-order valence-electron chi connectivity index (χ1n) is 7.67. The Balaban J connectivity index is 1.75. The molecule has 20 heavy (non-hydrogen) atoms. The Labute approximate surface area is 121 Å². The van der Waals surface area contributed by atoms with E-state index in [1.54, 1.807) is 0 Å². The number of aromatic nitrogens is 3. The lowest BCUT2D eigenvalue weighted by Crippen LogP contribution is -2.65. The molecule has 1 saturated heterocycles. The molecule has 5 heteroatoms. The number of hydrogen-bond acceptors (Lipinski definition) is 4. The maximum absolute atomic E-state index is 5.89. The minimum atomic E-state index is 0.238. The Morgan fingerprint density at radius 2 is 2.15 bits per heavy atom. The van der Waals surface area contributed by atoms with Gasteiger partial charge in [0.2, 0.25) is 0 Å². The fraction of sp³-hybridized carbons (Fsp3) is 0.867. The zero-order chi connectivity index (χ0) is 14.5. The zero-order valence-corrected chi connectivity index (χ0v) is 13.3. The average molecular weight is 278 g/mol. The van der Waals surface area contributed by atoms with E-state index in [4.69, 9.17) is 4.74 Å². The van der Waals surface area contributed by atoms with Crippen molar-refractivity contribution in [2.24, 2.45) is 11.3 Å². The van der Waals surface area contributed by atoms with Crippen LogP contribution in [0.2, 0.25) is 0 Å². The van der Waals surface area contributed by atoms with Gasteiger partial charge in [0.05, 0.1) is 12.6 Å². The van der Waals surface area contributed by atoms with Crippen LogP contribution in [0, 0.1) is 18.3 Å². The van der Waals surface area contributed by atoms with E-state index in [2.05, 4.69) is 47.5 Å². The third-order valence-corrected chi connectivity index (χ3v) is 5.23. The Bertz CT molecular complexity index is 496. The molecule has 3 atom stereocenters. The van der Waals surface area contributed by atoms with E-state index >= 15 is 0 Å². The maximum Gasteiger partial charge on any atom is 0.147 e. The Kier molecular flexibility index (Phi) is 3.37. The van der Waals surface area contributed by atoms with Gasteiger partial charge in [0.15, 0.2) is 0 Å². The average Bonchev–Trinajstić information content (AvgIpc) is 2.95. The number of hydrogen-bond donors (Lipinski definition) is 0. The van der Waals surface area contributed by atoms with Crippen molar-refractivity contribution in [2.45, 2.75) is 59.4 Å². The van der Waals surface area contributed by atoms with Crippen LogP contribution in [0.5, 0.6) is 0 Å². The third-order valence-electron chi connectivity index (χ3n) is 5.23.